The third-order valence-corrected chi connectivity index (χ3v) is 2.49. The molecule has 0 aliphatic rings. The summed E-state index contributed by atoms with van der Waals surface area (Å²) in [5.74, 6) is 5.40. The van der Waals surface area contributed by atoms with E-state index in [4.69, 9.17) is 10.6 Å². The Kier molecular flexibility index (Phi) is 3.75. The Morgan fingerprint density at radius 3 is 2.85 bits per heavy atom. The van der Waals surface area contributed by atoms with Crippen LogP contribution in [0, 0.1) is 17.0 Å². The molecule has 2 aromatic rings. The van der Waals surface area contributed by atoms with E-state index in [0.717, 1.165) is 0 Å². The number of nitrogens with zero attached hydrogens (tertiary/aromatic N) is 5. The maximum absolute atomic E-state index is 11.1. The highest BCUT2D eigenvalue weighted by Crippen LogP contribution is 2.32. The predicted octanol–water partition coefficient (Wildman–Crippen LogP) is 0.988. The molecule has 0 bridgehead atoms. The van der Waals surface area contributed by atoms with E-state index < -0.39 is 4.92 Å². The molecule has 10 nitrogen and oxygen atoms in total. The number of hydrazine groups is 1. The highest BCUT2D eigenvalue weighted by molar-refractivity contribution is 5.49. The molecule has 0 spiro atoms. The Balaban J connectivity index is 2.42. The lowest BCUT2D eigenvalue weighted by Gasteiger charge is -2.06. The minimum atomic E-state index is -0.602. The van der Waals surface area contributed by atoms with Crippen LogP contribution in [0.5, 0.6) is 11.6 Å². The number of ether oxygens (including phenoxy) is 1. The Morgan fingerprint density at radius 1 is 1.55 bits per heavy atom. The minimum Gasteiger partial charge on any atom is -0.430 e. The fraction of sp³-hybridized carbons (Fsp3) is 0.300. The van der Waals surface area contributed by atoms with Crippen molar-refractivity contribution in [3.8, 4) is 11.6 Å². The first-order valence-corrected chi connectivity index (χ1v) is 5.75. The largest absolute Gasteiger partial charge is 0.430 e. The zero-order chi connectivity index (χ0) is 14.7. The second-order valence-electron chi connectivity index (χ2n) is 3.82. The van der Waals surface area contributed by atoms with Crippen molar-refractivity contribution >= 4 is 11.6 Å². The lowest BCUT2D eigenvalue weighted by molar-refractivity contribution is -0.386. The van der Waals surface area contributed by atoms with Crippen LogP contribution in [0.25, 0.3) is 0 Å². The van der Waals surface area contributed by atoms with Crippen molar-refractivity contribution in [3.05, 3.63) is 28.2 Å². The number of nitrogens with one attached hydrogen (secondary N) is 1. The van der Waals surface area contributed by atoms with Gasteiger partial charge < -0.3 is 4.74 Å². The quantitative estimate of drug-likeness (QED) is 0.470. The average Bonchev–Trinajstić information content (AvgIpc) is 2.85. The molecule has 0 saturated carbocycles. The third kappa shape index (κ3) is 2.64. The van der Waals surface area contributed by atoms with Gasteiger partial charge in [0, 0.05) is 6.54 Å². The molecule has 3 N–H and O–H groups in total. The van der Waals surface area contributed by atoms with Gasteiger partial charge in [-0.05, 0) is 13.8 Å². The van der Waals surface area contributed by atoms with E-state index in [1.54, 1.807) is 10.9 Å². The van der Waals surface area contributed by atoms with Crippen LogP contribution in [0.3, 0.4) is 0 Å². The summed E-state index contributed by atoms with van der Waals surface area (Å²) in [4.78, 5) is 18.2. The van der Waals surface area contributed by atoms with Crippen LogP contribution >= 0.6 is 0 Å². The maximum atomic E-state index is 11.1. The van der Waals surface area contributed by atoms with Crippen LogP contribution in [0.1, 0.15) is 12.6 Å². The first-order valence-electron chi connectivity index (χ1n) is 5.75. The fourth-order valence-corrected chi connectivity index (χ4v) is 1.57. The second-order valence-corrected chi connectivity index (χ2v) is 3.82. The highest BCUT2D eigenvalue weighted by Gasteiger charge is 2.24. The number of nitro groups is 1. The summed E-state index contributed by atoms with van der Waals surface area (Å²) in [6.07, 6.45) is 3.05. The summed E-state index contributed by atoms with van der Waals surface area (Å²) in [6.45, 7) is 4.04. The van der Waals surface area contributed by atoms with Gasteiger partial charge in [-0.3, -0.25) is 20.2 Å². The van der Waals surface area contributed by atoms with Gasteiger partial charge in [0.2, 0.25) is 5.95 Å². The fourth-order valence-electron chi connectivity index (χ4n) is 1.57. The number of nitrogen functional groups attached to an aromatic ring is 1. The number of anilines is 1. The van der Waals surface area contributed by atoms with Crippen molar-refractivity contribution in [1.82, 2.24) is 19.7 Å². The summed E-state index contributed by atoms with van der Waals surface area (Å²) in [5.41, 5.74) is 2.07. The Morgan fingerprint density at radius 2 is 2.30 bits per heavy atom. The van der Waals surface area contributed by atoms with Crippen LogP contribution in [-0.2, 0) is 6.54 Å². The molecule has 0 unspecified atom stereocenters. The standard InChI is InChI=1S/C10H13N7O3/c1-3-16-5-7(4-12-16)20-9-8(17(18)19)6(2)13-10(14-9)15-11/h4-5H,3,11H2,1-2H3,(H,13,14,15). The molecule has 0 aliphatic heterocycles. The van der Waals surface area contributed by atoms with Gasteiger partial charge >= 0.3 is 11.6 Å². The number of nitrogens with two attached hydrogens (primary N) is 1. The van der Waals surface area contributed by atoms with Crippen molar-refractivity contribution in [2.75, 3.05) is 5.43 Å². The van der Waals surface area contributed by atoms with E-state index in [2.05, 4.69) is 20.5 Å². The van der Waals surface area contributed by atoms with Crippen LogP contribution in [0.15, 0.2) is 12.4 Å². The summed E-state index contributed by atoms with van der Waals surface area (Å²) in [7, 11) is 0. The van der Waals surface area contributed by atoms with Gasteiger partial charge in [0.25, 0.3) is 0 Å². The topological polar surface area (TPSA) is 134 Å². The molecule has 0 aromatic carbocycles. The molecule has 2 aromatic heterocycles. The van der Waals surface area contributed by atoms with E-state index in [0.29, 0.717) is 12.3 Å². The summed E-state index contributed by atoms with van der Waals surface area (Å²) in [5, 5.41) is 15.1. The molecule has 2 rings (SSSR count). The Hall–Kier alpha value is -2.75. The molecule has 0 aliphatic carbocycles. The molecular formula is C10H13N7O3. The van der Waals surface area contributed by atoms with E-state index >= 15 is 0 Å². The van der Waals surface area contributed by atoms with Gasteiger partial charge in [-0.2, -0.15) is 10.1 Å². The number of aryl methyl sites for hydroxylation is 2. The Labute approximate surface area is 113 Å². The molecule has 20 heavy (non-hydrogen) atoms. The molecule has 0 fully saturated rings. The number of aromatic nitrogens is 4. The minimum absolute atomic E-state index is 0.0333. The number of rotatable bonds is 5. The summed E-state index contributed by atoms with van der Waals surface area (Å²) in [6, 6.07) is 0. The van der Waals surface area contributed by atoms with Gasteiger partial charge in [-0.15, -0.1) is 0 Å². The molecule has 106 valence electrons. The van der Waals surface area contributed by atoms with Gasteiger partial charge in [0.05, 0.1) is 17.3 Å². The Bertz CT molecular complexity index is 640. The first-order chi connectivity index (χ1) is 9.55. The van der Waals surface area contributed by atoms with Crippen molar-refractivity contribution in [3.63, 3.8) is 0 Å². The molecule has 2 heterocycles. The lowest BCUT2D eigenvalue weighted by atomic mass is 10.3. The van der Waals surface area contributed by atoms with Gasteiger partial charge in [-0.1, -0.05) is 0 Å². The van der Waals surface area contributed by atoms with Crippen LogP contribution in [-0.4, -0.2) is 24.7 Å². The average molecular weight is 279 g/mol. The molecule has 10 heteroatoms. The van der Waals surface area contributed by atoms with Crippen LogP contribution in [0.4, 0.5) is 11.6 Å². The van der Waals surface area contributed by atoms with Gasteiger partial charge in [0.1, 0.15) is 5.69 Å². The van der Waals surface area contributed by atoms with Crippen LogP contribution < -0.4 is 16.0 Å². The van der Waals surface area contributed by atoms with Crippen LogP contribution in [0.2, 0.25) is 0 Å². The van der Waals surface area contributed by atoms with Crippen molar-refractivity contribution in [2.45, 2.75) is 20.4 Å². The number of hydrogen-bond donors (Lipinski definition) is 2. The van der Waals surface area contributed by atoms with E-state index in [1.807, 2.05) is 6.92 Å². The normalized spacial score (nSPS) is 10.3. The van der Waals surface area contributed by atoms with E-state index in [-0.39, 0.29) is 23.2 Å². The third-order valence-electron chi connectivity index (χ3n) is 2.49. The van der Waals surface area contributed by atoms with Crippen molar-refractivity contribution in [1.29, 1.82) is 0 Å². The lowest BCUT2D eigenvalue weighted by Crippen LogP contribution is -2.12. The predicted molar refractivity (Wildman–Crippen MR) is 69.2 cm³/mol. The summed E-state index contributed by atoms with van der Waals surface area (Å²) < 4.78 is 7.03. The van der Waals surface area contributed by atoms with E-state index in [9.17, 15) is 10.1 Å². The highest BCUT2D eigenvalue weighted by atomic mass is 16.6. The smallest absolute Gasteiger partial charge is 0.352 e. The second kappa shape index (κ2) is 5.48. The monoisotopic (exact) mass is 279 g/mol. The van der Waals surface area contributed by atoms with Crippen molar-refractivity contribution in [2.24, 2.45) is 5.84 Å². The van der Waals surface area contributed by atoms with Gasteiger partial charge in [-0.25, -0.2) is 10.8 Å². The number of hydrogen-bond acceptors (Lipinski definition) is 8. The molecule has 0 radical (unpaired) electrons. The molecule has 0 saturated heterocycles. The SMILES string of the molecule is CCn1cc(Oc2nc(NN)nc(C)c2[N+](=O)[O-])cn1. The zero-order valence-corrected chi connectivity index (χ0v) is 10.9. The summed E-state index contributed by atoms with van der Waals surface area (Å²) >= 11 is 0. The molecule has 0 atom stereocenters. The van der Waals surface area contributed by atoms with Crippen molar-refractivity contribution < 1.29 is 9.66 Å². The zero-order valence-electron chi connectivity index (χ0n) is 10.9. The molecular weight excluding hydrogens is 266 g/mol. The van der Waals surface area contributed by atoms with Gasteiger partial charge in [0.15, 0.2) is 5.75 Å². The molecule has 0 amide bonds. The van der Waals surface area contributed by atoms with E-state index in [1.165, 1.54) is 13.1 Å². The first kappa shape index (κ1) is 13.7. The maximum Gasteiger partial charge on any atom is 0.352 e.